The van der Waals surface area contributed by atoms with E-state index >= 15 is 0 Å². The van der Waals surface area contributed by atoms with Gasteiger partial charge >= 0.3 is 6.09 Å². The van der Waals surface area contributed by atoms with Crippen molar-refractivity contribution in [3.63, 3.8) is 0 Å². The van der Waals surface area contributed by atoms with Crippen molar-refractivity contribution < 1.29 is 14.3 Å². The van der Waals surface area contributed by atoms with E-state index in [2.05, 4.69) is 15.2 Å². The Kier molecular flexibility index (Phi) is 5.68. The Bertz CT molecular complexity index is 598. The Morgan fingerprint density at radius 2 is 2.04 bits per heavy atom. The van der Waals surface area contributed by atoms with E-state index in [1.54, 1.807) is 6.92 Å². The standard InChI is InChI=1S/C16H24N4O3S/c1-2-23-16(22)18-15-17-12-6-9-19(10-13(12)24-15)11-14(21)20-7-4-3-5-8-20/h2-11H2,1H3,(H,17,18,22). The minimum atomic E-state index is -0.472. The number of carbonyl (C=O) groups excluding carboxylic acids is 2. The highest BCUT2D eigenvalue weighted by Crippen LogP contribution is 2.28. The van der Waals surface area contributed by atoms with E-state index < -0.39 is 6.09 Å². The normalized spacial score (nSPS) is 18.1. The van der Waals surface area contributed by atoms with E-state index in [-0.39, 0.29) is 5.91 Å². The molecule has 0 spiro atoms. The van der Waals surface area contributed by atoms with Crippen LogP contribution >= 0.6 is 11.3 Å². The molecule has 0 bridgehead atoms. The van der Waals surface area contributed by atoms with Gasteiger partial charge in [0.15, 0.2) is 5.13 Å². The summed E-state index contributed by atoms with van der Waals surface area (Å²) < 4.78 is 4.87. The number of anilines is 1. The molecule has 24 heavy (non-hydrogen) atoms. The van der Waals surface area contributed by atoms with Gasteiger partial charge in [0.2, 0.25) is 5.91 Å². The highest BCUT2D eigenvalue weighted by Gasteiger charge is 2.25. The van der Waals surface area contributed by atoms with Gasteiger partial charge in [0.25, 0.3) is 0 Å². The molecule has 0 aliphatic carbocycles. The van der Waals surface area contributed by atoms with Gasteiger partial charge in [-0.3, -0.25) is 15.0 Å². The van der Waals surface area contributed by atoms with Gasteiger partial charge in [-0.25, -0.2) is 9.78 Å². The molecule has 132 valence electrons. The van der Waals surface area contributed by atoms with Crippen molar-refractivity contribution >= 4 is 28.5 Å². The Balaban J connectivity index is 1.55. The molecule has 1 saturated heterocycles. The Morgan fingerprint density at radius 3 is 2.79 bits per heavy atom. The quantitative estimate of drug-likeness (QED) is 0.898. The Hall–Kier alpha value is -1.67. The molecule has 0 saturated carbocycles. The number of likely N-dealkylation sites (tertiary alicyclic amines) is 1. The molecule has 2 aliphatic rings. The average Bonchev–Trinajstić information content (AvgIpc) is 2.97. The first kappa shape index (κ1) is 17.2. The van der Waals surface area contributed by atoms with Crippen LogP contribution in [-0.4, -0.2) is 59.6 Å². The lowest BCUT2D eigenvalue weighted by Gasteiger charge is -2.31. The molecule has 1 fully saturated rings. The van der Waals surface area contributed by atoms with Gasteiger partial charge in [0.1, 0.15) is 0 Å². The first-order valence-corrected chi connectivity index (χ1v) is 9.40. The molecule has 3 heterocycles. The minimum absolute atomic E-state index is 0.229. The fraction of sp³-hybridized carbons (Fsp3) is 0.688. The number of rotatable bonds is 4. The Labute approximate surface area is 146 Å². The van der Waals surface area contributed by atoms with Crippen molar-refractivity contribution in [2.24, 2.45) is 0 Å². The van der Waals surface area contributed by atoms with E-state index in [1.807, 2.05) is 4.90 Å². The summed E-state index contributed by atoms with van der Waals surface area (Å²) in [6, 6.07) is 0. The summed E-state index contributed by atoms with van der Waals surface area (Å²) in [7, 11) is 0. The number of fused-ring (bicyclic) bond motifs is 1. The highest BCUT2D eigenvalue weighted by molar-refractivity contribution is 7.15. The number of thiazole rings is 1. The van der Waals surface area contributed by atoms with Crippen molar-refractivity contribution in [1.29, 1.82) is 0 Å². The highest BCUT2D eigenvalue weighted by atomic mass is 32.1. The third-order valence-electron chi connectivity index (χ3n) is 4.36. The summed E-state index contributed by atoms with van der Waals surface area (Å²) in [5.74, 6) is 0.229. The molecule has 1 aromatic heterocycles. The molecule has 0 aromatic carbocycles. The summed E-state index contributed by atoms with van der Waals surface area (Å²) in [5, 5.41) is 3.23. The van der Waals surface area contributed by atoms with Gasteiger partial charge in [-0.1, -0.05) is 11.3 Å². The van der Waals surface area contributed by atoms with E-state index in [0.717, 1.165) is 56.0 Å². The number of carbonyl (C=O) groups is 2. The topological polar surface area (TPSA) is 74.8 Å². The van der Waals surface area contributed by atoms with Gasteiger partial charge in [0, 0.05) is 37.5 Å². The van der Waals surface area contributed by atoms with Crippen molar-refractivity contribution in [2.75, 3.05) is 38.1 Å². The molecule has 2 aliphatic heterocycles. The van der Waals surface area contributed by atoms with Crippen LogP contribution in [0.4, 0.5) is 9.93 Å². The van der Waals surface area contributed by atoms with Crippen LogP contribution in [0.1, 0.15) is 36.8 Å². The van der Waals surface area contributed by atoms with E-state index in [9.17, 15) is 9.59 Å². The third-order valence-corrected chi connectivity index (χ3v) is 5.36. The lowest BCUT2D eigenvalue weighted by atomic mass is 10.1. The first-order chi connectivity index (χ1) is 11.7. The second-order valence-electron chi connectivity index (χ2n) is 6.14. The molecule has 8 heteroatoms. The monoisotopic (exact) mass is 352 g/mol. The third kappa shape index (κ3) is 4.24. The molecule has 7 nitrogen and oxygen atoms in total. The second kappa shape index (κ2) is 7.94. The maximum absolute atomic E-state index is 12.4. The molecule has 1 aromatic rings. The lowest BCUT2D eigenvalue weighted by molar-refractivity contribution is -0.133. The number of nitrogens with one attached hydrogen (secondary N) is 1. The summed E-state index contributed by atoms with van der Waals surface area (Å²) in [6.45, 7) is 5.91. The van der Waals surface area contributed by atoms with Gasteiger partial charge < -0.3 is 9.64 Å². The van der Waals surface area contributed by atoms with E-state index in [0.29, 0.717) is 18.3 Å². The fourth-order valence-electron chi connectivity index (χ4n) is 3.13. The molecule has 2 amide bonds. The zero-order valence-electron chi connectivity index (χ0n) is 14.0. The lowest BCUT2D eigenvalue weighted by Crippen LogP contribution is -2.43. The molecule has 1 N–H and O–H groups in total. The van der Waals surface area contributed by atoms with Crippen LogP contribution in [0.2, 0.25) is 0 Å². The maximum Gasteiger partial charge on any atom is 0.413 e. The molecule has 0 radical (unpaired) electrons. The maximum atomic E-state index is 12.4. The van der Waals surface area contributed by atoms with Crippen molar-refractivity contribution in [3.8, 4) is 0 Å². The van der Waals surface area contributed by atoms with Crippen LogP contribution in [-0.2, 0) is 22.5 Å². The first-order valence-electron chi connectivity index (χ1n) is 8.58. The predicted octanol–water partition coefficient (Wildman–Crippen LogP) is 2.08. The smallest absolute Gasteiger partial charge is 0.413 e. The molecule has 0 atom stereocenters. The average molecular weight is 352 g/mol. The van der Waals surface area contributed by atoms with Crippen LogP contribution < -0.4 is 5.32 Å². The predicted molar refractivity (Wildman–Crippen MR) is 92.2 cm³/mol. The number of amides is 2. The van der Waals surface area contributed by atoms with Crippen molar-refractivity contribution in [1.82, 2.24) is 14.8 Å². The Morgan fingerprint density at radius 1 is 1.25 bits per heavy atom. The number of nitrogens with zero attached hydrogens (tertiary/aromatic N) is 3. The van der Waals surface area contributed by atoms with Crippen LogP contribution in [0.25, 0.3) is 0 Å². The van der Waals surface area contributed by atoms with Crippen LogP contribution in [0.3, 0.4) is 0 Å². The van der Waals surface area contributed by atoms with Crippen molar-refractivity contribution in [2.45, 2.75) is 39.2 Å². The van der Waals surface area contributed by atoms with Gasteiger partial charge in [-0.05, 0) is 26.2 Å². The van der Waals surface area contributed by atoms with Crippen LogP contribution in [0.5, 0.6) is 0 Å². The summed E-state index contributed by atoms with van der Waals surface area (Å²) >= 11 is 1.47. The molecule has 3 rings (SSSR count). The molecule has 0 unspecified atom stereocenters. The number of piperidine rings is 1. The van der Waals surface area contributed by atoms with Crippen molar-refractivity contribution in [3.05, 3.63) is 10.6 Å². The van der Waals surface area contributed by atoms with E-state index in [4.69, 9.17) is 4.74 Å². The molecular weight excluding hydrogens is 328 g/mol. The van der Waals surface area contributed by atoms with Gasteiger partial charge in [-0.15, -0.1) is 0 Å². The number of aromatic nitrogens is 1. The zero-order valence-corrected chi connectivity index (χ0v) is 14.9. The fourth-order valence-corrected chi connectivity index (χ4v) is 4.16. The number of hydrogen-bond acceptors (Lipinski definition) is 6. The van der Waals surface area contributed by atoms with Gasteiger partial charge in [-0.2, -0.15) is 0 Å². The summed E-state index contributed by atoms with van der Waals surface area (Å²) in [5.41, 5.74) is 1.02. The minimum Gasteiger partial charge on any atom is -0.450 e. The number of ether oxygens (including phenoxy) is 1. The molecular formula is C16H24N4O3S. The largest absolute Gasteiger partial charge is 0.450 e. The van der Waals surface area contributed by atoms with E-state index in [1.165, 1.54) is 17.8 Å². The van der Waals surface area contributed by atoms with Gasteiger partial charge in [0.05, 0.1) is 18.8 Å². The zero-order chi connectivity index (χ0) is 16.9. The number of hydrogen-bond donors (Lipinski definition) is 1. The second-order valence-corrected chi connectivity index (χ2v) is 7.22. The summed E-state index contributed by atoms with van der Waals surface area (Å²) in [6.07, 6.45) is 3.81. The summed E-state index contributed by atoms with van der Waals surface area (Å²) in [4.78, 5) is 33.6. The SMILES string of the molecule is CCOC(=O)Nc1nc2c(s1)CN(CC(=O)N1CCCCC1)CC2. The van der Waals surface area contributed by atoms with Crippen LogP contribution in [0.15, 0.2) is 0 Å². The van der Waals surface area contributed by atoms with Crippen LogP contribution in [0, 0.1) is 0 Å².